The Labute approximate surface area is 143 Å². The molecule has 0 aromatic heterocycles. The molecule has 0 fully saturated rings. The molecule has 0 aliphatic carbocycles. The van der Waals surface area contributed by atoms with E-state index in [1.807, 2.05) is 54.3 Å². The molecule has 2 aromatic carbocycles. The van der Waals surface area contributed by atoms with Crippen molar-refractivity contribution >= 4 is 5.91 Å². The maximum atomic E-state index is 12.6. The average molecular weight is 327 g/mol. The molecule has 0 aliphatic heterocycles. The van der Waals surface area contributed by atoms with Crippen molar-refractivity contribution in [3.05, 3.63) is 65.7 Å². The predicted octanol–water partition coefficient (Wildman–Crippen LogP) is 2.98. The van der Waals surface area contributed by atoms with Crippen molar-refractivity contribution < 1.29 is 15.0 Å². The SMILES string of the molecule is C[C@H](CO)CN(Cc1ccccc1)C(=O)CCc1ccc(O)cc1. The molecule has 0 aliphatic rings. The molecule has 128 valence electrons. The van der Waals surface area contributed by atoms with Crippen molar-refractivity contribution in [3.8, 4) is 5.75 Å². The second-order valence-electron chi connectivity index (χ2n) is 6.21. The van der Waals surface area contributed by atoms with Crippen LogP contribution in [0.4, 0.5) is 0 Å². The van der Waals surface area contributed by atoms with E-state index in [-0.39, 0.29) is 24.2 Å². The van der Waals surface area contributed by atoms with Gasteiger partial charge in [-0.05, 0) is 35.6 Å². The maximum absolute atomic E-state index is 12.6. The van der Waals surface area contributed by atoms with E-state index in [0.29, 0.717) is 25.9 Å². The molecular weight excluding hydrogens is 302 g/mol. The van der Waals surface area contributed by atoms with Gasteiger partial charge in [-0.3, -0.25) is 4.79 Å². The van der Waals surface area contributed by atoms with Crippen molar-refractivity contribution in [1.29, 1.82) is 0 Å². The lowest BCUT2D eigenvalue weighted by Crippen LogP contribution is -2.35. The molecule has 2 aromatic rings. The summed E-state index contributed by atoms with van der Waals surface area (Å²) in [6.45, 7) is 3.10. The average Bonchev–Trinajstić information content (AvgIpc) is 2.61. The van der Waals surface area contributed by atoms with Gasteiger partial charge in [-0.1, -0.05) is 49.4 Å². The number of aliphatic hydroxyl groups excluding tert-OH is 1. The van der Waals surface area contributed by atoms with Crippen LogP contribution >= 0.6 is 0 Å². The molecule has 0 unspecified atom stereocenters. The van der Waals surface area contributed by atoms with Gasteiger partial charge < -0.3 is 15.1 Å². The Morgan fingerprint density at radius 2 is 1.71 bits per heavy atom. The normalized spacial score (nSPS) is 11.9. The summed E-state index contributed by atoms with van der Waals surface area (Å²) < 4.78 is 0. The number of hydrogen-bond donors (Lipinski definition) is 2. The summed E-state index contributed by atoms with van der Waals surface area (Å²) in [5.41, 5.74) is 2.11. The predicted molar refractivity (Wildman–Crippen MR) is 94.5 cm³/mol. The highest BCUT2D eigenvalue weighted by Gasteiger charge is 2.16. The van der Waals surface area contributed by atoms with Gasteiger partial charge >= 0.3 is 0 Å². The number of rotatable bonds is 8. The Hall–Kier alpha value is -2.33. The first kappa shape index (κ1) is 18.0. The fourth-order valence-electron chi connectivity index (χ4n) is 2.56. The molecule has 24 heavy (non-hydrogen) atoms. The quantitative estimate of drug-likeness (QED) is 0.783. The van der Waals surface area contributed by atoms with E-state index in [1.165, 1.54) is 0 Å². The Bertz CT molecular complexity index is 625. The first-order chi connectivity index (χ1) is 11.6. The lowest BCUT2D eigenvalue weighted by Gasteiger charge is -2.25. The zero-order chi connectivity index (χ0) is 17.4. The highest BCUT2D eigenvalue weighted by atomic mass is 16.3. The fraction of sp³-hybridized carbons (Fsp3) is 0.350. The molecule has 1 amide bonds. The molecule has 0 saturated heterocycles. The first-order valence-electron chi connectivity index (χ1n) is 8.29. The van der Waals surface area contributed by atoms with Crippen LogP contribution in [0.25, 0.3) is 0 Å². The zero-order valence-electron chi connectivity index (χ0n) is 14.1. The second-order valence-corrected chi connectivity index (χ2v) is 6.21. The molecule has 0 spiro atoms. The highest BCUT2D eigenvalue weighted by Crippen LogP contribution is 2.14. The summed E-state index contributed by atoms with van der Waals surface area (Å²) in [6.07, 6.45) is 1.05. The van der Waals surface area contributed by atoms with Crippen LogP contribution in [0.5, 0.6) is 5.75 Å². The number of carbonyl (C=O) groups excluding carboxylic acids is 1. The number of aryl methyl sites for hydroxylation is 1. The van der Waals surface area contributed by atoms with Gasteiger partial charge in [0.1, 0.15) is 5.75 Å². The third-order valence-corrected chi connectivity index (χ3v) is 3.98. The fourth-order valence-corrected chi connectivity index (χ4v) is 2.56. The van der Waals surface area contributed by atoms with Gasteiger partial charge in [-0.2, -0.15) is 0 Å². The summed E-state index contributed by atoms with van der Waals surface area (Å²) in [5, 5.41) is 18.6. The van der Waals surface area contributed by atoms with Crippen LogP contribution in [-0.4, -0.2) is 34.2 Å². The summed E-state index contributed by atoms with van der Waals surface area (Å²) in [5.74, 6) is 0.353. The summed E-state index contributed by atoms with van der Waals surface area (Å²) in [7, 11) is 0. The number of carbonyl (C=O) groups is 1. The molecule has 0 bridgehead atoms. The Kier molecular flexibility index (Phi) is 6.82. The second kappa shape index (κ2) is 9.08. The van der Waals surface area contributed by atoms with E-state index in [0.717, 1.165) is 11.1 Å². The van der Waals surface area contributed by atoms with Crippen LogP contribution in [0, 0.1) is 5.92 Å². The number of aromatic hydroxyl groups is 1. The van der Waals surface area contributed by atoms with Crippen LogP contribution in [0.15, 0.2) is 54.6 Å². The number of phenols is 1. The van der Waals surface area contributed by atoms with Crippen LogP contribution < -0.4 is 0 Å². The van der Waals surface area contributed by atoms with Gasteiger partial charge in [0.15, 0.2) is 0 Å². The van der Waals surface area contributed by atoms with Crippen LogP contribution in [0.1, 0.15) is 24.5 Å². The lowest BCUT2D eigenvalue weighted by molar-refractivity contribution is -0.132. The lowest BCUT2D eigenvalue weighted by atomic mass is 10.1. The van der Waals surface area contributed by atoms with Crippen LogP contribution in [0.3, 0.4) is 0 Å². The minimum Gasteiger partial charge on any atom is -0.508 e. The van der Waals surface area contributed by atoms with E-state index in [4.69, 9.17) is 0 Å². The summed E-state index contributed by atoms with van der Waals surface area (Å²) in [4.78, 5) is 14.5. The minimum absolute atomic E-state index is 0.0475. The van der Waals surface area contributed by atoms with Gasteiger partial charge in [0.2, 0.25) is 5.91 Å². The van der Waals surface area contributed by atoms with Crippen molar-refractivity contribution in [2.24, 2.45) is 5.92 Å². The third kappa shape index (κ3) is 5.70. The van der Waals surface area contributed by atoms with Gasteiger partial charge in [-0.25, -0.2) is 0 Å². The molecular formula is C20H25NO3. The number of amides is 1. The zero-order valence-corrected chi connectivity index (χ0v) is 14.1. The molecule has 1 atom stereocenters. The third-order valence-electron chi connectivity index (χ3n) is 3.98. The molecule has 0 saturated carbocycles. The minimum atomic E-state index is 0.0475. The molecule has 0 radical (unpaired) electrons. The largest absolute Gasteiger partial charge is 0.508 e. The number of nitrogens with zero attached hydrogens (tertiary/aromatic N) is 1. The standard InChI is InChI=1S/C20H25NO3/c1-16(15-22)13-21(14-18-5-3-2-4-6-18)20(24)12-9-17-7-10-19(23)11-8-17/h2-8,10-11,16,22-23H,9,12-15H2,1H3/t16-/m0/s1. The molecule has 2 rings (SSSR count). The Morgan fingerprint density at radius 1 is 1.04 bits per heavy atom. The van der Waals surface area contributed by atoms with Gasteiger partial charge in [-0.15, -0.1) is 0 Å². The summed E-state index contributed by atoms with van der Waals surface area (Å²) >= 11 is 0. The highest BCUT2D eigenvalue weighted by molar-refractivity contribution is 5.76. The van der Waals surface area contributed by atoms with E-state index in [9.17, 15) is 15.0 Å². The monoisotopic (exact) mass is 327 g/mol. The van der Waals surface area contributed by atoms with Crippen molar-refractivity contribution in [2.45, 2.75) is 26.3 Å². The topological polar surface area (TPSA) is 60.8 Å². The van der Waals surface area contributed by atoms with Crippen LogP contribution in [0.2, 0.25) is 0 Å². The van der Waals surface area contributed by atoms with Gasteiger partial charge in [0, 0.05) is 26.1 Å². The Balaban J connectivity index is 1.99. The molecule has 0 heterocycles. The van der Waals surface area contributed by atoms with E-state index in [2.05, 4.69) is 0 Å². The number of hydrogen-bond acceptors (Lipinski definition) is 3. The maximum Gasteiger partial charge on any atom is 0.223 e. The molecule has 4 heteroatoms. The number of phenolic OH excluding ortho intramolecular Hbond substituents is 1. The van der Waals surface area contributed by atoms with E-state index < -0.39 is 0 Å². The summed E-state index contributed by atoms with van der Waals surface area (Å²) in [6, 6.07) is 16.8. The van der Waals surface area contributed by atoms with Gasteiger partial charge in [0.05, 0.1) is 0 Å². The van der Waals surface area contributed by atoms with Crippen molar-refractivity contribution in [2.75, 3.05) is 13.2 Å². The van der Waals surface area contributed by atoms with E-state index in [1.54, 1.807) is 12.1 Å². The van der Waals surface area contributed by atoms with Crippen LogP contribution in [-0.2, 0) is 17.8 Å². The van der Waals surface area contributed by atoms with Crippen molar-refractivity contribution in [3.63, 3.8) is 0 Å². The van der Waals surface area contributed by atoms with Gasteiger partial charge in [0.25, 0.3) is 0 Å². The molecule has 4 nitrogen and oxygen atoms in total. The Morgan fingerprint density at radius 3 is 2.33 bits per heavy atom. The number of benzene rings is 2. The van der Waals surface area contributed by atoms with Crippen molar-refractivity contribution in [1.82, 2.24) is 4.90 Å². The molecule has 2 N–H and O–H groups in total. The van der Waals surface area contributed by atoms with E-state index >= 15 is 0 Å². The first-order valence-corrected chi connectivity index (χ1v) is 8.29. The smallest absolute Gasteiger partial charge is 0.223 e. The number of aliphatic hydroxyl groups is 1.